The summed E-state index contributed by atoms with van der Waals surface area (Å²) in [6.07, 6.45) is 4.25. The topological polar surface area (TPSA) is 60.8 Å². The van der Waals surface area contributed by atoms with E-state index in [2.05, 4.69) is 15.9 Å². The van der Waals surface area contributed by atoms with E-state index in [0.29, 0.717) is 16.6 Å². The van der Waals surface area contributed by atoms with Crippen LogP contribution in [0.25, 0.3) is 0 Å². The molecular formula is C14H18BrNO3. The first-order valence-corrected chi connectivity index (χ1v) is 7.33. The van der Waals surface area contributed by atoms with Gasteiger partial charge in [0.15, 0.2) is 0 Å². The van der Waals surface area contributed by atoms with Crippen LogP contribution in [0.3, 0.4) is 0 Å². The van der Waals surface area contributed by atoms with Crippen LogP contribution >= 0.6 is 15.9 Å². The average Bonchev–Trinajstić information content (AvgIpc) is 2.92. The van der Waals surface area contributed by atoms with Crippen LogP contribution in [0.15, 0.2) is 22.7 Å². The van der Waals surface area contributed by atoms with Gasteiger partial charge in [-0.05, 0) is 47.0 Å². The molecule has 0 heterocycles. The number of aliphatic hydroxyl groups is 1. The number of phenols is 1. The van der Waals surface area contributed by atoms with Crippen LogP contribution in [0, 0.1) is 0 Å². The molecule has 0 bridgehead atoms. The number of phenolic OH excluding ortho intramolecular Hbond substituents is 1. The largest absolute Gasteiger partial charge is 0.507 e. The van der Waals surface area contributed by atoms with Gasteiger partial charge in [-0.25, -0.2) is 0 Å². The van der Waals surface area contributed by atoms with Gasteiger partial charge in [0.05, 0.1) is 11.1 Å². The zero-order valence-electron chi connectivity index (χ0n) is 10.7. The molecule has 104 valence electrons. The summed E-state index contributed by atoms with van der Waals surface area (Å²) in [4.78, 5) is 14.2. The summed E-state index contributed by atoms with van der Waals surface area (Å²) in [6, 6.07) is 5.02. The molecule has 1 amide bonds. The highest BCUT2D eigenvalue weighted by Gasteiger charge is 2.27. The molecule has 4 nitrogen and oxygen atoms in total. The molecule has 1 aromatic rings. The van der Waals surface area contributed by atoms with Gasteiger partial charge in [-0.2, -0.15) is 0 Å². The highest BCUT2D eigenvalue weighted by Crippen LogP contribution is 2.28. The van der Waals surface area contributed by atoms with Gasteiger partial charge in [0.1, 0.15) is 5.75 Å². The number of nitrogens with zero attached hydrogens (tertiary/aromatic N) is 1. The van der Waals surface area contributed by atoms with Crippen LogP contribution in [0.5, 0.6) is 5.75 Å². The van der Waals surface area contributed by atoms with Gasteiger partial charge >= 0.3 is 0 Å². The Hall–Kier alpha value is -1.07. The lowest BCUT2D eigenvalue weighted by Crippen LogP contribution is -2.40. The monoisotopic (exact) mass is 327 g/mol. The van der Waals surface area contributed by atoms with Crippen LogP contribution in [-0.2, 0) is 0 Å². The van der Waals surface area contributed by atoms with Gasteiger partial charge in [0.25, 0.3) is 5.91 Å². The number of hydrogen-bond acceptors (Lipinski definition) is 3. The molecule has 0 aromatic heterocycles. The molecular weight excluding hydrogens is 310 g/mol. The van der Waals surface area contributed by atoms with Crippen LogP contribution < -0.4 is 0 Å². The number of amides is 1. The summed E-state index contributed by atoms with van der Waals surface area (Å²) >= 11 is 3.20. The fraction of sp³-hybridized carbons (Fsp3) is 0.500. The van der Waals surface area contributed by atoms with Crippen molar-refractivity contribution in [2.45, 2.75) is 31.7 Å². The van der Waals surface area contributed by atoms with E-state index in [1.165, 1.54) is 6.07 Å². The molecule has 5 heteroatoms. The number of hydrogen-bond donors (Lipinski definition) is 2. The number of aromatic hydroxyl groups is 1. The van der Waals surface area contributed by atoms with Crippen molar-refractivity contribution >= 4 is 21.8 Å². The zero-order chi connectivity index (χ0) is 13.8. The molecule has 0 atom stereocenters. The molecule has 0 saturated heterocycles. The molecule has 1 aliphatic rings. The number of carbonyl (C=O) groups excluding carboxylic acids is 1. The molecule has 1 fully saturated rings. The standard InChI is InChI=1S/C14H18BrNO3/c15-12-6-5-10(9-13(12)18)14(19)16(7-8-17)11-3-1-2-4-11/h5-6,9,11,17-18H,1-4,7-8H2. The van der Waals surface area contributed by atoms with Crippen molar-refractivity contribution < 1.29 is 15.0 Å². The third-order valence-corrected chi connectivity index (χ3v) is 4.23. The van der Waals surface area contributed by atoms with E-state index in [1.807, 2.05) is 0 Å². The van der Waals surface area contributed by atoms with E-state index >= 15 is 0 Å². The summed E-state index contributed by atoms with van der Waals surface area (Å²) < 4.78 is 0.568. The first-order chi connectivity index (χ1) is 9.13. The van der Waals surface area contributed by atoms with E-state index in [0.717, 1.165) is 25.7 Å². The molecule has 1 saturated carbocycles. The highest BCUT2D eigenvalue weighted by molar-refractivity contribution is 9.10. The molecule has 19 heavy (non-hydrogen) atoms. The van der Waals surface area contributed by atoms with E-state index in [9.17, 15) is 9.90 Å². The lowest BCUT2D eigenvalue weighted by molar-refractivity contribution is 0.0637. The number of carbonyl (C=O) groups is 1. The van der Waals surface area contributed by atoms with E-state index in [4.69, 9.17) is 5.11 Å². The fourth-order valence-corrected chi connectivity index (χ4v) is 2.83. The Morgan fingerprint density at radius 1 is 1.37 bits per heavy atom. The summed E-state index contributed by atoms with van der Waals surface area (Å²) in [5.74, 6) is -0.0648. The minimum atomic E-state index is -0.122. The Bertz CT molecular complexity index is 458. The van der Waals surface area contributed by atoms with Gasteiger partial charge in [-0.15, -0.1) is 0 Å². The summed E-state index contributed by atoms with van der Waals surface area (Å²) in [5, 5.41) is 18.8. The minimum absolute atomic E-state index is 0.0370. The summed E-state index contributed by atoms with van der Waals surface area (Å²) in [5.41, 5.74) is 0.459. The lowest BCUT2D eigenvalue weighted by Gasteiger charge is -2.28. The molecule has 1 aromatic carbocycles. The summed E-state index contributed by atoms with van der Waals surface area (Å²) in [7, 11) is 0. The number of halogens is 1. The van der Waals surface area contributed by atoms with Gasteiger partial charge in [-0.3, -0.25) is 4.79 Å². The Balaban J connectivity index is 2.20. The SMILES string of the molecule is O=C(c1ccc(Br)c(O)c1)N(CCO)C1CCCC1. The fourth-order valence-electron chi connectivity index (χ4n) is 2.59. The number of rotatable bonds is 4. The molecule has 1 aliphatic carbocycles. The first-order valence-electron chi connectivity index (χ1n) is 6.54. The van der Waals surface area contributed by atoms with E-state index < -0.39 is 0 Å². The molecule has 2 rings (SSSR count). The molecule has 0 unspecified atom stereocenters. The van der Waals surface area contributed by atoms with Crippen molar-refractivity contribution in [3.63, 3.8) is 0 Å². The lowest BCUT2D eigenvalue weighted by atomic mass is 10.1. The van der Waals surface area contributed by atoms with Gasteiger partial charge in [0.2, 0.25) is 0 Å². The molecule has 0 aliphatic heterocycles. The maximum atomic E-state index is 12.5. The van der Waals surface area contributed by atoms with E-state index in [1.54, 1.807) is 17.0 Å². The third-order valence-electron chi connectivity index (χ3n) is 3.56. The van der Waals surface area contributed by atoms with E-state index in [-0.39, 0.29) is 24.3 Å². The van der Waals surface area contributed by atoms with Crippen LogP contribution in [0.1, 0.15) is 36.0 Å². The van der Waals surface area contributed by atoms with Crippen molar-refractivity contribution in [2.75, 3.05) is 13.2 Å². The minimum Gasteiger partial charge on any atom is -0.507 e. The molecule has 0 spiro atoms. The second kappa shape index (κ2) is 6.39. The van der Waals surface area contributed by atoms with Crippen LogP contribution in [0.2, 0.25) is 0 Å². The second-order valence-corrected chi connectivity index (χ2v) is 5.68. The highest BCUT2D eigenvalue weighted by atomic mass is 79.9. The van der Waals surface area contributed by atoms with Crippen molar-refractivity contribution in [1.29, 1.82) is 0 Å². The predicted molar refractivity (Wildman–Crippen MR) is 76.2 cm³/mol. The maximum Gasteiger partial charge on any atom is 0.254 e. The van der Waals surface area contributed by atoms with Crippen molar-refractivity contribution in [3.8, 4) is 5.75 Å². The quantitative estimate of drug-likeness (QED) is 0.893. The predicted octanol–water partition coefficient (Wildman–Crippen LogP) is 2.53. The van der Waals surface area contributed by atoms with Gasteiger partial charge < -0.3 is 15.1 Å². The van der Waals surface area contributed by atoms with Gasteiger partial charge in [-0.1, -0.05) is 12.8 Å². The number of benzene rings is 1. The molecule has 0 radical (unpaired) electrons. The van der Waals surface area contributed by atoms with Crippen molar-refractivity contribution in [2.24, 2.45) is 0 Å². The second-order valence-electron chi connectivity index (χ2n) is 4.83. The maximum absolute atomic E-state index is 12.5. The zero-order valence-corrected chi connectivity index (χ0v) is 12.3. The molecule has 2 N–H and O–H groups in total. The smallest absolute Gasteiger partial charge is 0.254 e. The normalized spacial score (nSPS) is 15.7. The van der Waals surface area contributed by atoms with Crippen LogP contribution in [0.4, 0.5) is 0 Å². The Morgan fingerprint density at radius 2 is 2.05 bits per heavy atom. The van der Waals surface area contributed by atoms with Crippen molar-refractivity contribution in [3.05, 3.63) is 28.2 Å². The third kappa shape index (κ3) is 3.28. The van der Waals surface area contributed by atoms with Crippen LogP contribution in [-0.4, -0.2) is 40.2 Å². The van der Waals surface area contributed by atoms with Gasteiger partial charge in [0, 0.05) is 18.2 Å². The number of aliphatic hydroxyl groups excluding tert-OH is 1. The first kappa shape index (κ1) is 14.3. The van der Waals surface area contributed by atoms with Crippen molar-refractivity contribution in [1.82, 2.24) is 4.90 Å². The summed E-state index contributed by atoms with van der Waals surface area (Å²) in [6.45, 7) is 0.311. The average molecular weight is 328 g/mol. The Labute approximate surface area is 121 Å². The Kier molecular flexibility index (Phi) is 4.82. The Morgan fingerprint density at radius 3 is 2.63 bits per heavy atom.